The Morgan fingerprint density at radius 1 is 0.870 bits per heavy atom. The third-order valence-corrected chi connectivity index (χ3v) is 8.84. The monoisotopic (exact) mass is 632 g/mol. The first-order chi connectivity index (χ1) is 21.9. The highest BCUT2D eigenvalue weighted by atomic mass is 16.4. The van der Waals surface area contributed by atoms with Crippen molar-refractivity contribution in [1.82, 2.24) is 19.4 Å². The number of rotatable bonds is 9. The van der Waals surface area contributed by atoms with Gasteiger partial charge >= 0.3 is 23.6 Å². The fourth-order valence-corrected chi connectivity index (χ4v) is 6.67. The molecule has 5 N–H and O–H groups in total. The number of hydrogen-bond donors (Lipinski definition) is 5. The first-order valence-electron chi connectivity index (χ1n) is 15.0. The van der Waals surface area contributed by atoms with Crippen LogP contribution in [-0.4, -0.2) is 84.0 Å². The molecule has 46 heavy (non-hydrogen) atoms. The number of carbonyl (C=O) groups excluding carboxylic acids is 1. The number of carboxylic acid groups (broad SMARTS) is 3. The number of piperidine rings is 1. The van der Waals surface area contributed by atoms with Gasteiger partial charge in [0.1, 0.15) is 6.54 Å². The van der Waals surface area contributed by atoms with Crippen LogP contribution < -0.4 is 11.0 Å². The maximum absolute atomic E-state index is 13.4. The molecule has 1 aliphatic heterocycles. The van der Waals surface area contributed by atoms with Crippen molar-refractivity contribution in [3.8, 4) is 0 Å². The first kappa shape index (κ1) is 32.4. The highest BCUT2D eigenvalue weighted by molar-refractivity contribution is 5.91. The molecule has 0 bridgehead atoms. The Hall–Kier alpha value is -5.01. The quantitative estimate of drug-likeness (QED) is 0.183. The van der Waals surface area contributed by atoms with Crippen molar-refractivity contribution in [1.29, 1.82) is 0 Å². The number of likely N-dealkylation sites (tertiary alicyclic amines) is 1. The summed E-state index contributed by atoms with van der Waals surface area (Å²) in [6.07, 6.45) is 0.628. The molecule has 1 saturated heterocycles. The van der Waals surface area contributed by atoms with Gasteiger partial charge in [0.25, 0.3) is 0 Å². The normalized spacial score (nSPS) is 16.6. The number of para-hydroxylation sites is 2. The van der Waals surface area contributed by atoms with Gasteiger partial charge in [-0.15, -0.1) is 0 Å². The average Bonchev–Trinajstić information content (AvgIpc) is 3.53. The minimum atomic E-state index is -2.74. The Morgan fingerprint density at radius 3 is 2.07 bits per heavy atom. The number of hydrogen-bond acceptors (Lipinski definition) is 7. The number of aromatic nitrogens is 2. The predicted molar refractivity (Wildman–Crippen MR) is 168 cm³/mol. The Balaban J connectivity index is 0.000000274. The molecule has 242 valence electrons. The number of benzene rings is 3. The zero-order valence-corrected chi connectivity index (χ0v) is 25.3. The van der Waals surface area contributed by atoms with Gasteiger partial charge in [-0.05, 0) is 53.3 Å². The molecule has 0 spiro atoms. The van der Waals surface area contributed by atoms with Crippen molar-refractivity contribution in [3.63, 3.8) is 0 Å². The van der Waals surface area contributed by atoms with E-state index < -0.39 is 36.4 Å². The summed E-state index contributed by atoms with van der Waals surface area (Å²) in [5, 5.41) is 39.2. The summed E-state index contributed by atoms with van der Waals surface area (Å²) in [5.41, 5.74) is 1.81. The van der Waals surface area contributed by atoms with Crippen molar-refractivity contribution in [3.05, 3.63) is 82.3 Å². The van der Waals surface area contributed by atoms with Crippen LogP contribution in [0.3, 0.4) is 0 Å². The van der Waals surface area contributed by atoms with Crippen LogP contribution in [-0.2, 0) is 32.1 Å². The van der Waals surface area contributed by atoms with Crippen LogP contribution >= 0.6 is 0 Å². The van der Waals surface area contributed by atoms with E-state index in [-0.39, 0.29) is 24.2 Å². The van der Waals surface area contributed by atoms with Crippen LogP contribution in [0.5, 0.6) is 0 Å². The van der Waals surface area contributed by atoms with E-state index in [0.717, 1.165) is 43.4 Å². The van der Waals surface area contributed by atoms with Crippen LogP contribution in [0.15, 0.2) is 65.5 Å². The van der Waals surface area contributed by atoms with Gasteiger partial charge in [0.2, 0.25) is 5.91 Å². The number of carboxylic acids is 3. The maximum atomic E-state index is 13.4. The highest BCUT2D eigenvalue weighted by Gasteiger charge is 2.41. The second-order valence-electron chi connectivity index (χ2n) is 11.7. The summed E-state index contributed by atoms with van der Waals surface area (Å²) in [6.45, 7) is 1.97. The largest absolute Gasteiger partial charge is 0.481 e. The van der Waals surface area contributed by atoms with E-state index in [1.54, 1.807) is 11.6 Å². The Kier molecular flexibility index (Phi) is 9.26. The molecule has 2 heterocycles. The lowest BCUT2D eigenvalue weighted by Crippen LogP contribution is -2.42. The molecule has 6 rings (SSSR count). The van der Waals surface area contributed by atoms with E-state index in [2.05, 4.69) is 46.6 Å². The van der Waals surface area contributed by atoms with Gasteiger partial charge in [-0.1, -0.05) is 48.5 Å². The van der Waals surface area contributed by atoms with Crippen LogP contribution in [0.4, 0.5) is 0 Å². The number of aliphatic hydroxyl groups is 1. The van der Waals surface area contributed by atoms with Gasteiger partial charge in [-0.3, -0.25) is 28.4 Å². The van der Waals surface area contributed by atoms with Crippen LogP contribution in [0.2, 0.25) is 0 Å². The molecule has 4 aromatic rings. The number of likely N-dealkylation sites (N-methyl/N-ethyl adjacent to an activating group) is 1. The van der Waals surface area contributed by atoms with E-state index >= 15 is 0 Å². The second-order valence-corrected chi connectivity index (χ2v) is 11.7. The Labute approximate surface area is 263 Å². The van der Waals surface area contributed by atoms with Crippen molar-refractivity contribution in [2.45, 2.75) is 56.3 Å². The zero-order chi connectivity index (χ0) is 33.2. The number of carbonyl (C=O) groups is 4. The van der Waals surface area contributed by atoms with E-state index in [1.807, 2.05) is 28.8 Å². The van der Waals surface area contributed by atoms with E-state index in [1.165, 1.54) is 21.9 Å². The molecule has 3 aromatic carbocycles. The van der Waals surface area contributed by atoms with Gasteiger partial charge in [0, 0.05) is 32.2 Å². The number of nitrogens with zero attached hydrogens (tertiary/aromatic N) is 3. The van der Waals surface area contributed by atoms with Gasteiger partial charge in [0.05, 0.1) is 23.9 Å². The topological polar surface area (TPSA) is 191 Å². The molecule has 1 aromatic heterocycles. The minimum Gasteiger partial charge on any atom is -0.481 e. The van der Waals surface area contributed by atoms with Gasteiger partial charge in [0.15, 0.2) is 5.60 Å². The number of imidazole rings is 1. The van der Waals surface area contributed by atoms with Gasteiger partial charge in [-0.25, -0.2) is 9.59 Å². The van der Waals surface area contributed by atoms with Crippen molar-refractivity contribution < 1.29 is 39.6 Å². The summed E-state index contributed by atoms with van der Waals surface area (Å²) in [7, 11) is 1.60. The fourth-order valence-electron chi connectivity index (χ4n) is 6.67. The minimum absolute atomic E-state index is 0.0476. The lowest BCUT2D eigenvalue weighted by Gasteiger charge is -2.36. The standard InChI is InChI=1S/C27H28N4O2.C6H8O7/c1-28-25(32)17-30-22-10-2-3-11-23(22)31(27(30)33)20-12-14-29(15-13-20)24-16-19-8-4-6-18-7-5-9-21(24)26(18)19;7-3(8)1-6(13,5(11)12)2-4(9)10/h2-11,20,24H,12-17H2,1H3,(H,28,32);13H,1-2H2,(H,7,8)(H,9,10)(H,11,12)/t24-;/m1./s1. The highest BCUT2D eigenvalue weighted by Crippen LogP contribution is 2.41. The third kappa shape index (κ3) is 6.37. The number of nitrogens with one attached hydrogen (secondary N) is 1. The van der Waals surface area contributed by atoms with E-state index in [4.69, 9.17) is 20.4 Å². The van der Waals surface area contributed by atoms with Gasteiger partial charge < -0.3 is 25.7 Å². The Bertz CT molecular complexity index is 1850. The van der Waals surface area contributed by atoms with Crippen molar-refractivity contribution in [2.75, 3.05) is 20.1 Å². The molecule has 13 nitrogen and oxygen atoms in total. The third-order valence-electron chi connectivity index (χ3n) is 8.84. The smallest absolute Gasteiger partial charge is 0.336 e. The molecule has 13 heteroatoms. The molecule has 2 aliphatic rings. The summed E-state index contributed by atoms with van der Waals surface area (Å²) in [6, 6.07) is 21.7. The molecule has 0 unspecified atom stereocenters. The molecule has 0 radical (unpaired) electrons. The Morgan fingerprint density at radius 2 is 1.48 bits per heavy atom. The molecule has 1 atom stereocenters. The van der Waals surface area contributed by atoms with Crippen molar-refractivity contribution in [2.24, 2.45) is 0 Å². The lowest BCUT2D eigenvalue weighted by molar-refractivity contribution is -0.170. The average molecular weight is 633 g/mol. The molecular formula is C33H36N4O9. The molecular weight excluding hydrogens is 596 g/mol. The molecule has 0 saturated carbocycles. The lowest BCUT2D eigenvalue weighted by atomic mass is 9.96. The maximum Gasteiger partial charge on any atom is 0.336 e. The second kappa shape index (κ2) is 13.2. The summed E-state index contributed by atoms with van der Waals surface area (Å²) in [4.78, 5) is 58.5. The predicted octanol–water partition coefficient (Wildman–Crippen LogP) is 2.39. The SMILES string of the molecule is CNC(=O)Cn1c(=O)n(C2CCN([C@@H]3Cc4cccc5cccc3c45)CC2)c2ccccc21.O=C(O)CC(O)(CC(=O)O)C(=O)O. The summed E-state index contributed by atoms with van der Waals surface area (Å²) in [5.74, 6) is -5.18. The zero-order valence-electron chi connectivity index (χ0n) is 25.3. The van der Waals surface area contributed by atoms with Crippen LogP contribution in [0.25, 0.3) is 21.8 Å². The van der Waals surface area contributed by atoms with Crippen LogP contribution in [0, 0.1) is 0 Å². The first-order valence-corrected chi connectivity index (χ1v) is 15.0. The number of fused-ring (bicyclic) bond motifs is 1. The molecule has 1 fully saturated rings. The summed E-state index contributed by atoms with van der Waals surface area (Å²) < 4.78 is 3.54. The van der Waals surface area contributed by atoms with Crippen LogP contribution in [0.1, 0.15) is 48.9 Å². The van der Waals surface area contributed by atoms with E-state index in [0.29, 0.717) is 6.04 Å². The molecule has 1 aliphatic carbocycles. The van der Waals surface area contributed by atoms with Crippen molar-refractivity contribution >= 4 is 45.6 Å². The number of aliphatic carboxylic acids is 3. The van der Waals surface area contributed by atoms with E-state index in [9.17, 15) is 24.0 Å². The van der Waals surface area contributed by atoms with Gasteiger partial charge in [-0.2, -0.15) is 0 Å². The fraction of sp³-hybridized carbons (Fsp3) is 0.364. The number of amides is 1. The molecule has 1 amide bonds. The summed E-state index contributed by atoms with van der Waals surface area (Å²) >= 11 is 0.